The molecule has 1 aromatic heterocycles. The quantitative estimate of drug-likeness (QED) is 0.522. The molecule has 1 amide bonds. The number of nitrogens with zero attached hydrogens (tertiary/aromatic N) is 2. The van der Waals surface area contributed by atoms with E-state index in [9.17, 15) is 9.90 Å². The molecule has 0 aromatic carbocycles. The fourth-order valence-electron chi connectivity index (χ4n) is 2.16. The number of aliphatic hydroxyl groups is 1. The van der Waals surface area contributed by atoms with Crippen LogP contribution in [0.15, 0.2) is 27.8 Å². The summed E-state index contributed by atoms with van der Waals surface area (Å²) in [7, 11) is 0. The van der Waals surface area contributed by atoms with Crippen LogP contribution in [-0.2, 0) is 11.3 Å². The average Bonchev–Trinajstić information content (AvgIpc) is 3.12. The highest BCUT2D eigenvalue weighted by Crippen LogP contribution is 2.08. The van der Waals surface area contributed by atoms with Crippen molar-refractivity contribution in [1.29, 1.82) is 0 Å². The zero-order valence-corrected chi connectivity index (χ0v) is 12.2. The molecule has 1 fully saturated rings. The van der Waals surface area contributed by atoms with Crippen molar-refractivity contribution in [3.63, 3.8) is 0 Å². The van der Waals surface area contributed by atoms with Crippen molar-refractivity contribution in [3.05, 3.63) is 24.2 Å². The number of guanidine groups is 1. The first-order valence-corrected chi connectivity index (χ1v) is 7.19. The van der Waals surface area contributed by atoms with Crippen LogP contribution >= 0.6 is 0 Å². The Morgan fingerprint density at radius 2 is 2.43 bits per heavy atom. The molecular formula is C14H22N4O3. The normalized spacial score (nSPS) is 18.9. The summed E-state index contributed by atoms with van der Waals surface area (Å²) in [5.41, 5.74) is 0. The van der Waals surface area contributed by atoms with Crippen LogP contribution in [0.1, 0.15) is 19.1 Å². The van der Waals surface area contributed by atoms with Crippen molar-refractivity contribution in [3.8, 4) is 0 Å². The molecule has 1 aliphatic heterocycles. The molecule has 2 heterocycles. The van der Waals surface area contributed by atoms with Gasteiger partial charge in [0, 0.05) is 19.6 Å². The molecule has 0 bridgehead atoms. The predicted molar refractivity (Wildman–Crippen MR) is 78.7 cm³/mol. The largest absolute Gasteiger partial charge is 0.467 e. The van der Waals surface area contributed by atoms with Crippen LogP contribution in [0.3, 0.4) is 0 Å². The maximum atomic E-state index is 11.8. The molecular weight excluding hydrogens is 272 g/mol. The first kappa shape index (κ1) is 15.4. The minimum absolute atomic E-state index is 0.0512. The molecule has 7 heteroatoms. The zero-order chi connectivity index (χ0) is 15.1. The summed E-state index contributed by atoms with van der Waals surface area (Å²) in [6.45, 7) is 4.41. The van der Waals surface area contributed by atoms with Gasteiger partial charge in [-0.2, -0.15) is 0 Å². The second-order valence-electron chi connectivity index (χ2n) is 4.91. The Labute approximate surface area is 124 Å². The highest BCUT2D eigenvalue weighted by molar-refractivity contribution is 5.85. The fourth-order valence-corrected chi connectivity index (χ4v) is 2.16. The highest BCUT2D eigenvalue weighted by Gasteiger charge is 2.22. The van der Waals surface area contributed by atoms with Gasteiger partial charge in [-0.25, -0.2) is 4.99 Å². The average molecular weight is 294 g/mol. The van der Waals surface area contributed by atoms with Crippen molar-refractivity contribution in [2.45, 2.75) is 26.0 Å². The van der Waals surface area contributed by atoms with Gasteiger partial charge in [0.25, 0.3) is 0 Å². The number of hydrogen-bond acceptors (Lipinski definition) is 4. The third-order valence-electron chi connectivity index (χ3n) is 3.21. The van der Waals surface area contributed by atoms with Crippen molar-refractivity contribution < 1.29 is 14.3 Å². The Balaban J connectivity index is 1.82. The van der Waals surface area contributed by atoms with Crippen molar-refractivity contribution >= 4 is 11.9 Å². The Morgan fingerprint density at radius 1 is 1.57 bits per heavy atom. The Hall–Kier alpha value is -2.02. The van der Waals surface area contributed by atoms with Gasteiger partial charge in [-0.05, 0) is 25.5 Å². The first-order valence-electron chi connectivity index (χ1n) is 7.19. The van der Waals surface area contributed by atoms with Gasteiger partial charge in [0.1, 0.15) is 12.3 Å². The third kappa shape index (κ3) is 4.78. The number of hydrogen-bond donors (Lipinski definition) is 3. The van der Waals surface area contributed by atoms with Crippen LogP contribution in [-0.4, -0.2) is 54.2 Å². The van der Waals surface area contributed by atoms with E-state index in [2.05, 4.69) is 15.6 Å². The van der Waals surface area contributed by atoms with E-state index in [4.69, 9.17) is 4.42 Å². The number of likely N-dealkylation sites (tertiary alicyclic amines) is 1. The highest BCUT2D eigenvalue weighted by atomic mass is 16.3. The molecule has 3 N–H and O–H groups in total. The second-order valence-corrected chi connectivity index (χ2v) is 4.91. The van der Waals surface area contributed by atoms with Crippen molar-refractivity contribution in [2.75, 3.05) is 26.2 Å². The van der Waals surface area contributed by atoms with Gasteiger partial charge in [-0.3, -0.25) is 4.79 Å². The summed E-state index contributed by atoms with van der Waals surface area (Å²) in [4.78, 5) is 18.0. The first-order chi connectivity index (χ1) is 10.2. The number of aliphatic hydroxyl groups excluding tert-OH is 1. The number of furan rings is 1. The number of nitrogens with one attached hydrogen (secondary N) is 2. The van der Waals surface area contributed by atoms with E-state index in [1.165, 1.54) is 0 Å². The topological polar surface area (TPSA) is 90.1 Å². The van der Waals surface area contributed by atoms with E-state index in [0.29, 0.717) is 24.8 Å². The summed E-state index contributed by atoms with van der Waals surface area (Å²) in [6.07, 6.45) is 1.98. The Morgan fingerprint density at radius 3 is 3.05 bits per heavy atom. The van der Waals surface area contributed by atoms with Gasteiger partial charge in [0.15, 0.2) is 5.96 Å². The minimum atomic E-state index is -0.318. The van der Waals surface area contributed by atoms with Crippen LogP contribution in [0, 0.1) is 0 Å². The van der Waals surface area contributed by atoms with Crippen LogP contribution in [0.5, 0.6) is 0 Å². The third-order valence-corrected chi connectivity index (χ3v) is 3.21. The summed E-state index contributed by atoms with van der Waals surface area (Å²) >= 11 is 0. The summed E-state index contributed by atoms with van der Waals surface area (Å²) in [6, 6.07) is 3.58. The van der Waals surface area contributed by atoms with Gasteiger partial charge >= 0.3 is 0 Å². The molecule has 1 aromatic rings. The number of carbonyl (C=O) groups excluding carboxylic acids is 1. The van der Waals surface area contributed by atoms with E-state index in [1.807, 2.05) is 11.8 Å². The van der Waals surface area contributed by atoms with E-state index < -0.39 is 0 Å². The summed E-state index contributed by atoms with van der Waals surface area (Å²) in [5, 5.41) is 15.5. The molecule has 0 spiro atoms. The van der Waals surface area contributed by atoms with Gasteiger partial charge in [-0.15, -0.1) is 0 Å². The molecule has 116 valence electrons. The van der Waals surface area contributed by atoms with Crippen LogP contribution < -0.4 is 10.6 Å². The zero-order valence-electron chi connectivity index (χ0n) is 12.2. The molecule has 1 aliphatic rings. The van der Waals surface area contributed by atoms with Crippen molar-refractivity contribution in [1.82, 2.24) is 15.5 Å². The molecule has 1 atom stereocenters. The van der Waals surface area contributed by atoms with Crippen LogP contribution in [0.4, 0.5) is 0 Å². The SMILES string of the molecule is CCNC(=NCC(=O)NCc1ccco1)N1CC[C@@H](O)C1. The lowest BCUT2D eigenvalue weighted by Crippen LogP contribution is -2.41. The molecule has 0 aliphatic carbocycles. The maximum Gasteiger partial charge on any atom is 0.242 e. The number of carbonyl (C=O) groups is 1. The summed E-state index contributed by atoms with van der Waals surface area (Å²) < 4.78 is 5.14. The van der Waals surface area contributed by atoms with E-state index in [-0.39, 0.29) is 18.6 Å². The molecule has 21 heavy (non-hydrogen) atoms. The van der Waals surface area contributed by atoms with Gasteiger partial charge in [0.05, 0.1) is 18.9 Å². The maximum absolute atomic E-state index is 11.8. The van der Waals surface area contributed by atoms with E-state index in [1.54, 1.807) is 18.4 Å². The van der Waals surface area contributed by atoms with Crippen LogP contribution in [0.2, 0.25) is 0 Å². The lowest BCUT2D eigenvalue weighted by atomic mass is 10.3. The molecule has 0 saturated carbocycles. The van der Waals surface area contributed by atoms with Gasteiger partial charge < -0.3 is 25.1 Å². The molecule has 0 radical (unpaired) electrons. The Kier molecular flexibility index (Phi) is 5.62. The lowest BCUT2D eigenvalue weighted by Gasteiger charge is -2.20. The number of amides is 1. The Bertz CT molecular complexity index is 473. The predicted octanol–water partition coefficient (Wildman–Crippen LogP) is -0.0721. The molecule has 1 saturated heterocycles. The smallest absolute Gasteiger partial charge is 0.242 e. The molecule has 7 nitrogen and oxygen atoms in total. The molecule has 0 unspecified atom stereocenters. The summed E-state index contributed by atoms with van der Waals surface area (Å²) in [5.74, 6) is 1.21. The minimum Gasteiger partial charge on any atom is -0.467 e. The lowest BCUT2D eigenvalue weighted by molar-refractivity contribution is -0.119. The fraction of sp³-hybridized carbons (Fsp3) is 0.571. The number of aliphatic imine (C=N–C) groups is 1. The van der Waals surface area contributed by atoms with E-state index in [0.717, 1.165) is 19.5 Å². The van der Waals surface area contributed by atoms with Gasteiger partial charge in [-0.1, -0.05) is 0 Å². The van der Waals surface area contributed by atoms with Crippen molar-refractivity contribution in [2.24, 2.45) is 4.99 Å². The monoisotopic (exact) mass is 294 g/mol. The van der Waals surface area contributed by atoms with E-state index >= 15 is 0 Å². The molecule has 2 rings (SSSR count). The second kappa shape index (κ2) is 7.68. The number of β-amino-alcohol motifs (C(OH)–C–C–N with tert-alkyl or cyclic N) is 1. The van der Waals surface area contributed by atoms with Gasteiger partial charge in [0.2, 0.25) is 5.91 Å². The number of rotatable bonds is 5. The van der Waals surface area contributed by atoms with Crippen LogP contribution in [0.25, 0.3) is 0 Å². The standard InChI is InChI=1S/C14H22N4O3/c1-2-15-14(18-6-5-11(19)10-18)17-9-13(20)16-8-12-4-3-7-21-12/h3-4,7,11,19H,2,5-6,8-10H2,1H3,(H,15,17)(H,16,20)/t11-/m1/s1.